The number of nitrogens with zero attached hydrogens (tertiary/aromatic N) is 1. The summed E-state index contributed by atoms with van der Waals surface area (Å²) in [6.07, 6.45) is -0.0153. The van der Waals surface area contributed by atoms with Gasteiger partial charge in [-0.1, -0.05) is 36.8 Å². The normalized spacial score (nSPS) is 14.4. The lowest BCUT2D eigenvalue weighted by Crippen LogP contribution is -2.55. The molecule has 1 rings (SSSR count). The highest BCUT2D eigenvalue weighted by Crippen LogP contribution is 2.27. The van der Waals surface area contributed by atoms with Crippen LogP contribution in [0.5, 0.6) is 0 Å². The van der Waals surface area contributed by atoms with Gasteiger partial charge in [0.05, 0.1) is 0 Å². The summed E-state index contributed by atoms with van der Waals surface area (Å²) in [5.41, 5.74) is 1.05. The molecule has 0 aliphatic rings. The zero-order valence-electron chi connectivity index (χ0n) is 20.4. The lowest BCUT2D eigenvalue weighted by Gasteiger charge is -2.38. The molecule has 2 N–H and O–H groups in total. The molecule has 174 valence electrons. The minimum atomic E-state index is -0.858. The van der Waals surface area contributed by atoms with E-state index in [0.717, 1.165) is 11.1 Å². The van der Waals surface area contributed by atoms with Crippen LogP contribution in [0.4, 0.5) is 4.79 Å². The van der Waals surface area contributed by atoms with Gasteiger partial charge in [0.15, 0.2) is 0 Å². The number of ether oxygens (including phenoxy) is 1. The van der Waals surface area contributed by atoms with E-state index in [1.54, 1.807) is 32.6 Å². The van der Waals surface area contributed by atoms with Gasteiger partial charge in [0, 0.05) is 12.1 Å². The van der Waals surface area contributed by atoms with Gasteiger partial charge in [-0.2, -0.15) is 0 Å². The topological polar surface area (TPSA) is 87.7 Å². The monoisotopic (exact) mass is 433 g/mol. The summed E-state index contributed by atoms with van der Waals surface area (Å²) in [5, 5.41) is 5.55. The summed E-state index contributed by atoms with van der Waals surface area (Å²) in [5.74, 6) is -0.593. The number of nitrogens with one attached hydrogen (secondary N) is 2. The van der Waals surface area contributed by atoms with E-state index in [9.17, 15) is 14.4 Å². The van der Waals surface area contributed by atoms with Crippen LogP contribution in [0.3, 0.4) is 0 Å². The Kier molecular flexibility index (Phi) is 9.53. The molecule has 0 saturated heterocycles. The fourth-order valence-corrected chi connectivity index (χ4v) is 3.21. The van der Waals surface area contributed by atoms with Crippen LogP contribution in [-0.2, 0) is 14.3 Å². The molecule has 0 aromatic heterocycles. The van der Waals surface area contributed by atoms with Crippen molar-refractivity contribution in [3.63, 3.8) is 0 Å². The molecular formula is C24H39N3O4. The number of alkyl carbamates (subject to hydrolysis) is 1. The van der Waals surface area contributed by atoms with Crippen molar-refractivity contribution in [1.29, 1.82) is 0 Å². The van der Waals surface area contributed by atoms with E-state index in [1.165, 1.54) is 0 Å². The zero-order valence-corrected chi connectivity index (χ0v) is 20.4. The van der Waals surface area contributed by atoms with Gasteiger partial charge in [-0.05, 0) is 67.4 Å². The molecule has 3 amide bonds. The van der Waals surface area contributed by atoms with E-state index >= 15 is 0 Å². The zero-order chi connectivity index (χ0) is 23.9. The first-order valence-electron chi connectivity index (χ1n) is 11.0. The fourth-order valence-electron chi connectivity index (χ4n) is 3.21. The number of carbonyl (C=O) groups is 3. The van der Waals surface area contributed by atoms with Gasteiger partial charge in [-0.15, -0.1) is 0 Å². The summed E-state index contributed by atoms with van der Waals surface area (Å²) in [4.78, 5) is 40.6. The molecule has 7 heteroatoms. The quantitative estimate of drug-likeness (QED) is 0.646. The Morgan fingerprint density at radius 2 is 1.68 bits per heavy atom. The third-order valence-corrected chi connectivity index (χ3v) is 4.74. The SMILES string of the molecule is CCC(C)N(C(=O)C(C)NC(=O)OC(C)(C)C)C(C(=O)NC(C)C)c1cccc(C)c1. The van der Waals surface area contributed by atoms with Crippen molar-refractivity contribution < 1.29 is 19.1 Å². The Balaban J connectivity index is 3.33. The van der Waals surface area contributed by atoms with Crippen LogP contribution in [0.1, 0.15) is 79.0 Å². The number of hydrogen-bond acceptors (Lipinski definition) is 4. The highest BCUT2D eigenvalue weighted by atomic mass is 16.6. The van der Waals surface area contributed by atoms with Crippen LogP contribution >= 0.6 is 0 Å². The van der Waals surface area contributed by atoms with Crippen LogP contribution in [0, 0.1) is 6.92 Å². The molecule has 0 aliphatic carbocycles. The van der Waals surface area contributed by atoms with Crippen LogP contribution < -0.4 is 10.6 Å². The Morgan fingerprint density at radius 3 is 2.16 bits per heavy atom. The number of aryl methyl sites for hydroxylation is 1. The van der Waals surface area contributed by atoms with Crippen LogP contribution in [0.15, 0.2) is 24.3 Å². The molecule has 0 aliphatic heterocycles. The van der Waals surface area contributed by atoms with Crippen LogP contribution in [-0.4, -0.2) is 46.5 Å². The average Bonchev–Trinajstić information content (AvgIpc) is 2.62. The largest absolute Gasteiger partial charge is 0.444 e. The third-order valence-electron chi connectivity index (χ3n) is 4.74. The molecule has 1 aromatic carbocycles. The maximum atomic E-state index is 13.5. The first-order chi connectivity index (χ1) is 14.3. The number of benzene rings is 1. The Morgan fingerprint density at radius 1 is 1.06 bits per heavy atom. The van der Waals surface area contributed by atoms with E-state index in [4.69, 9.17) is 4.74 Å². The van der Waals surface area contributed by atoms with E-state index in [-0.39, 0.29) is 23.9 Å². The lowest BCUT2D eigenvalue weighted by atomic mass is 9.98. The first-order valence-corrected chi connectivity index (χ1v) is 11.0. The van der Waals surface area contributed by atoms with E-state index < -0.39 is 23.8 Å². The number of amides is 3. The van der Waals surface area contributed by atoms with Crippen molar-refractivity contribution >= 4 is 17.9 Å². The second kappa shape index (κ2) is 11.2. The summed E-state index contributed by atoms with van der Waals surface area (Å²) in [7, 11) is 0. The second-order valence-electron chi connectivity index (χ2n) is 9.35. The van der Waals surface area contributed by atoms with Gasteiger partial charge < -0.3 is 20.3 Å². The molecule has 0 bridgehead atoms. The standard InChI is InChI=1S/C24H39N3O4/c1-10-17(5)27(22(29)18(6)26-23(30)31-24(7,8)9)20(21(28)25-15(2)3)19-13-11-12-16(4)14-19/h11-15,17-18,20H,10H2,1-9H3,(H,25,28)(H,26,30). The van der Waals surface area contributed by atoms with Crippen molar-refractivity contribution in [2.24, 2.45) is 0 Å². The Bertz CT molecular complexity index is 770. The van der Waals surface area contributed by atoms with Crippen molar-refractivity contribution in [2.75, 3.05) is 0 Å². The summed E-state index contributed by atoms with van der Waals surface area (Å²) in [6.45, 7) is 16.5. The molecule has 7 nitrogen and oxygen atoms in total. The highest BCUT2D eigenvalue weighted by molar-refractivity contribution is 5.92. The lowest BCUT2D eigenvalue weighted by molar-refractivity contribution is -0.145. The molecular weight excluding hydrogens is 394 g/mol. The van der Waals surface area contributed by atoms with E-state index in [0.29, 0.717) is 6.42 Å². The Hall–Kier alpha value is -2.57. The summed E-state index contributed by atoms with van der Waals surface area (Å²) >= 11 is 0. The second-order valence-corrected chi connectivity index (χ2v) is 9.35. The minimum absolute atomic E-state index is 0.0778. The van der Waals surface area contributed by atoms with Gasteiger partial charge in [0.2, 0.25) is 11.8 Å². The molecule has 0 heterocycles. The van der Waals surface area contributed by atoms with E-state index in [2.05, 4.69) is 10.6 Å². The maximum Gasteiger partial charge on any atom is 0.408 e. The number of rotatable bonds is 8. The number of carbonyl (C=O) groups excluding carboxylic acids is 3. The predicted molar refractivity (Wildman–Crippen MR) is 123 cm³/mol. The molecule has 0 saturated carbocycles. The molecule has 3 atom stereocenters. The van der Waals surface area contributed by atoms with E-state index in [1.807, 2.05) is 58.9 Å². The van der Waals surface area contributed by atoms with Crippen molar-refractivity contribution in [3.05, 3.63) is 35.4 Å². The smallest absolute Gasteiger partial charge is 0.408 e. The Labute approximate surface area is 186 Å². The summed E-state index contributed by atoms with van der Waals surface area (Å²) in [6, 6.07) is 5.62. The number of hydrogen-bond donors (Lipinski definition) is 2. The maximum absolute atomic E-state index is 13.5. The molecule has 31 heavy (non-hydrogen) atoms. The van der Waals surface area contributed by atoms with Gasteiger partial charge in [0.1, 0.15) is 17.7 Å². The van der Waals surface area contributed by atoms with Crippen LogP contribution in [0.2, 0.25) is 0 Å². The molecule has 0 spiro atoms. The van der Waals surface area contributed by atoms with Crippen molar-refractivity contribution in [3.8, 4) is 0 Å². The average molecular weight is 434 g/mol. The van der Waals surface area contributed by atoms with Gasteiger partial charge in [-0.25, -0.2) is 4.79 Å². The molecule has 3 unspecified atom stereocenters. The minimum Gasteiger partial charge on any atom is -0.444 e. The molecule has 0 radical (unpaired) electrons. The van der Waals surface area contributed by atoms with Crippen molar-refractivity contribution in [2.45, 2.75) is 98.5 Å². The predicted octanol–water partition coefficient (Wildman–Crippen LogP) is 4.10. The highest BCUT2D eigenvalue weighted by Gasteiger charge is 2.37. The molecule has 1 aromatic rings. The summed E-state index contributed by atoms with van der Waals surface area (Å²) < 4.78 is 5.29. The van der Waals surface area contributed by atoms with Crippen LogP contribution in [0.25, 0.3) is 0 Å². The van der Waals surface area contributed by atoms with Gasteiger partial charge >= 0.3 is 6.09 Å². The molecule has 0 fully saturated rings. The fraction of sp³-hybridized carbons (Fsp3) is 0.625. The van der Waals surface area contributed by atoms with Gasteiger partial charge in [-0.3, -0.25) is 9.59 Å². The first kappa shape index (κ1) is 26.5. The third kappa shape index (κ3) is 8.23. The van der Waals surface area contributed by atoms with Crippen molar-refractivity contribution in [1.82, 2.24) is 15.5 Å². The van der Waals surface area contributed by atoms with Gasteiger partial charge in [0.25, 0.3) is 0 Å².